The van der Waals surface area contributed by atoms with Crippen molar-refractivity contribution in [3.63, 3.8) is 0 Å². The molecule has 0 radical (unpaired) electrons. The van der Waals surface area contributed by atoms with E-state index in [-0.39, 0.29) is 0 Å². The Morgan fingerprint density at radius 2 is 1.58 bits per heavy atom. The Balaban J connectivity index is 1.42. The molecule has 2 N–H and O–H groups in total. The third-order valence-corrected chi connectivity index (χ3v) is 6.65. The Kier molecular flexibility index (Phi) is 2.97. The largest absolute Gasteiger partial charge is 0.326 e. The molecule has 4 bridgehead atoms. The first-order valence-corrected chi connectivity index (χ1v) is 8.57. The van der Waals surface area contributed by atoms with E-state index >= 15 is 0 Å². The summed E-state index contributed by atoms with van der Waals surface area (Å²) in [5.41, 5.74) is 7.26. The van der Waals surface area contributed by atoms with E-state index < -0.39 is 0 Å². The van der Waals surface area contributed by atoms with Crippen LogP contribution in [0.2, 0.25) is 0 Å². The Hall–Kier alpha value is -0.0800. The van der Waals surface area contributed by atoms with Gasteiger partial charge in [0, 0.05) is 19.1 Å². The molecular formula is C17H30N2. The summed E-state index contributed by atoms with van der Waals surface area (Å²) in [5, 5.41) is 0. The van der Waals surface area contributed by atoms with Crippen molar-refractivity contribution in [1.29, 1.82) is 0 Å². The highest BCUT2D eigenvalue weighted by Crippen LogP contribution is 2.61. The van der Waals surface area contributed by atoms with E-state index in [2.05, 4.69) is 11.9 Å². The van der Waals surface area contributed by atoms with Crippen LogP contribution in [0.5, 0.6) is 0 Å². The maximum Gasteiger partial charge on any atom is 0.0225 e. The second-order valence-electron chi connectivity index (χ2n) is 8.55. The molecule has 5 aliphatic carbocycles. The minimum atomic E-state index is 0.435. The fourth-order valence-corrected chi connectivity index (χ4v) is 5.98. The van der Waals surface area contributed by atoms with Gasteiger partial charge in [0.15, 0.2) is 0 Å². The van der Waals surface area contributed by atoms with Gasteiger partial charge in [-0.25, -0.2) is 0 Å². The van der Waals surface area contributed by atoms with Crippen LogP contribution in [0.3, 0.4) is 0 Å². The molecule has 0 saturated heterocycles. The van der Waals surface area contributed by atoms with Crippen molar-refractivity contribution in [3.8, 4) is 0 Å². The van der Waals surface area contributed by atoms with E-state index in [4.69, 9.17) is 5.73 Å². The number of likely N-dealkylation sites (N-methyl/N-ethyl adjacent to an activating group) is 1. The van der Waals surface area contributed by atoms with E-state index in [0.29, 0.717) is 11.5 Å². The van der Waals surface area contributed by atoms with Gasteiger partial charge < -0.3 is 10.6 Å². The van der Waals surface area contributed by atoms with E-state index in [1.807, 2.05) is 0 Å². The fraction of sp³-hybridized carbons (Fsp3) is 1.00. The summed E-state index contributed by atoms with van der Waals surface area (Å²) in [6.07, 6.45) is 11.9. The molecule has 0 spiro atoms. The van der Waals surface area contributed by atoms with Gasteiger partial charge in [-0.2, -0.15) is 0 Å². The Bertz CT molecular complexity index is 312. The predicted octanol–water partition coefficient (Wildman–Crippen LogP) is 2.87. The summed E-state index contributed by atoms with van der Waals surface area (Å²) in [7, 11) is 2.29. The lowest BCUT2D eigenvalue weighted by Crippen LogP contribution is -2.57. The molecule has 1 unspecified atom stereocenters. The minimum absolute atomic E-state index is 0.435. The van der Waals surface area contributed by atoms with E-state index in [1.165, 1.54) is 57.9 Å². The molecule has 2 nitrogen and oxygen atoms in total. The molecule has 0 aromatic heterocycles. The highest BCUT2D eigenvalue weighted by Gasteiger charge is 2.53. The van der Waals surface area contributed by atoms with Crippen LogP contribution in [0.25, 0.3) is 0 Å². The Morgan fingerprint density at radius 1 is 1.05 bits per heavy atom. The third kappa shape index (κ3) is 2.35. The molecule has 0 heterocycles. The zero-order valence-corrected chi connectivity index (χ0v) is 12.5. The van der Waals surface area contributed by atoms with Crippen molar-refractivity contribution >= 4 is 0 Å². The molecular weight excluding hydrogens is 232 g/mol. The molecule has 1 atom stereocenters. The molecule has 108 valence electrons. The number of hydrogen-bond acceptors (Lipinski definition) is 2. The van der Waals surface area contributed by atoms with Gasteiger partial charge in [-0.05, 0) is 87.5 Å². The molecule has 0 aromatic rings. The summed E-state index contributed by atoms with van der Waals surface area (Å²) >= 11 is 0. The van der Waals surface area contributed by atoms with Crippen molar-refractivity contribution in [2.45, 2.75) is 57.4 Å². The van der Waals surface area contributed by atoms with Gasteiger partial charge in [0.1, 0.15) is 0 Å². The molecule has 2 heteroatoms. The predicted molar refractivity (Wildman–Crippen MR) is 78.8 cm³/mol. The van der Waals surface area contributed by atoms with Crippen LogP contribution in [0, 0.1) is 29.1 Å². The van der Waals surface area contributed by atoms with Crippen LogP contribution >= 0.6 is 0 Å². The van der Waals surface area contributed by atoms with Crippen molar-refractivity contribution in [2.24, 2.45) is 34.8 Å². The lowest BCUT2D eigenvalue weighted by molar-refractivity contribution is -0.0707. The minimum Gasteiger partial charge on any atom is -0.326 e. The van der Waals surface area contributed by atoms with E-state index in [1.54, 1.807) is 0 Å². The van der Waals surface area contributed by atoms with Crippen LogP contribution < -0.4 is 5.73 Å². The standard InChI is InChI=1S/C17H30N2/c1-19(10-12-2-3-12)11-16(18)17-7-13-4-14(8-17)6-15(5-13)9-17/h12-16H,2-11,18H2,1H3. The smallest absolute Gasteiger partial charge is 0.0225 e. The number of nitrogens with two attached hydrogens (primary N) is 1. The van der Waals surface area contributed by atoms with Crippen LogP contribution in [0.15, 0.2) is 0 Å². The van der Waals surface area contributed by atoms with Crippen LogP contribution in [-0.2, 0) is 0 Å². The zero-order valence-electron chi connectivity index (χ0n) is 12.5. The first-order chi connectivity index (χ1) is 9.13. The molecule has 5 saturated carbocycles. The molecule has 5 fully saturated rings. The van der Waals surface area contributed by atoms with Gasteiger partial charge in [0.25, 0.3) is 0 Å². The molecule has 0 aliphatic heterocycles. The first-order valence-electron chi connectivity index (χ1n) is 8.57. The van der Waals surface area contributed by atoms with E-state index in [9.17, 15) is 0 Å². The SMILES string of the molecule is CN(CC1CC1)CC(N)C12CC3CC(CC(C3)C1)C2. The van der Waals surface area contributed by atoms with Crippen LogP contribution in [0.4, 0.5) is 0 Å². The zero-order chi connectivity index (χ0) is 13.0. The summed E-state index contributed by atoms with van der Waals surface area (Å²) in [6.45, 7) is 2.43. The monoisotopic (exact) mass is 262 g/mol. The van der Waals surface area contributed by atoms with Gasteiger partial charge in [0.05, 0.1) is 0 Å². The lowest BCUT2D eigenvalue weighted by atomic mass is 9.48. The summed E-state index contributed by atoms with van der Waals surface area (Å²) < 4.78 is 0. The van der Waals surface area contributed by atoms with Gasteiger partial charge in [-0.3, -0.25) is 0 Å². The molecule has 0 aromatic carbocycles. The number of rotatable bonds is 5. The normalized spacial score (nSPS) is 45.9. The number of nitrogens with zero attached hydrogens (tertiary/aromatic N) is 1. The molecule has 5 rings (SSSR count). The Morgan fingerprint density at radius 3 is 2.05 bits per heavy atom. The van der Waals surface area contributed by atoms with Gasteiger partial charge in [-0.15, -0.1) is 0 Å². The second kappa shape index (κ2) is 4.46. The third-order valence-electron chi connectivity index (χ3n) is 6.65. The van der Waals surface area contributed by atoms with Gasteiger partial charge in [-0.1, -0.05) is 0 Å². The highest BCUT2D eigenvalue weighted by molar-refractivity contribution is 5.06. The van der Waals surface area contributed by atoms with Gasteiger partial charge >= 0.3 is 0 Å². The topological polar surface area (TPSA) is 29.3 Å². The molecule has 19 heavy (non-hydrogen) atoms. The highest BCUT2D eigenvalue weighted by atomic mass is 15.1. The van der Waals surface area contributed by atoms with E-state index in [0.717, 1.165) is 30.2 Å². The van der Waals surface area contributed by atoms with Crippen molar-refractivity contribution < 1.29 is 0 Å². The van der Waals surface area contributed by atoms with Crippen molar-refractivity contribution in [3.05, 3.63) is 0 Å². The van der Waals surface area contributed by atoms with Crippen LogP contribution in [-0.4, -0.2) is 31.1 Å². The summed E-state index contributed by atoms with van der Waals surface area (Å²) in [4.78, 5) is 2.53. The quantitative estimate of drug-likeness (QED) is 0.825. The van der Waals surface area contributed by atoms with Crippen molar-refractivity contribution in [2.75, 3.05) is 20.1 Å². The average Bonchev–Trinajstić information content (AvgIpc) is 3.10. The molecule has 5 aliphatic rings. The first kappa shape index (κ1) is 12.6. The van der Waals surface area contributed by atoms with Crippen molar-refractivity contribution in [1.82, 2.24) is 4.90 Å². The molecule has 0 amide bonds. The van der Waals surface area contributed by atoms with Gasteiger partial charge in [0.2, 0.25) is 0 Å². The maximum atomic E-state index is 6.73. The maximum absolute atomic E-state index is 6.73. The average molecular weight is 262 g/mol. The fourth-order valence-electron chi connectivity index (χ4n) is 5.98. The second-order valence-corrected chi connectivity index (χ2v) is 8.55. The van der Waals surface area contributed by atoms with Crippen LogP contribution in [0.1, 0.15) is 51.4 Å². The number of hydrogen-bond donors (Lipinski definition) is 1. The summed E-state index contributed by atoms with van der Waals surface area (Å²) in [6, 6.07) is 0.435. The lowest BCUT2D eigenvalue weighted by Gasteiger charge is -2.59. The Labute approximate surface area is 118 Å². The summed E-state index contributed by atoms with van der Waals surface area (Å²) in [5.74, 6) is 4.09.